The molecular weight excluding hydrogens is 388 g/mol. The van der Waals surface area contributed by atoms with Crippen molar-refractivity contribution in [1.82, 2.24) is 9.78 Å². The number of carboxylic acids is 1. The highest BCUT2D eigenvalue weighted by Crippen LogP contribution is 2.19. The topological polar surface area (TPSA) is 114 Å². The molecule has 3 aromatic rings. The van der Waals surface area contributed by atoms with Crippen molar-refractivity contribution in [2.45, 2.75) is 6.54 Å². The molecule has 2 heterocycles. The molecule has 154 valence electrons. The van der Waals surface area contributed by atoms with Gasteiger partial charge in [-0.05, 0) is 30.3 Å². The number of anilines is 2. The lowest BCUT2D eigenvalue weighted by molar-refractivity contribution is -0.117. The molecule has 1 aliphatic heterocycles. The number of carboxylic acid groups (broad SMARTS) is 1. The van der Waals surface area contributed by atoms with E-state index in [0.717, 1.165) is 23.5 Å². The van der Waals surface area contributed by atoms with Crippen LogP contribution in [-0.4, -0.2) is 53.1 Å². The Morgan fingerprint density at radius 3 is 2.37 bits per heavy atom. The molecule has 9 nitrogen and oxygen atoms in total. The third kappa shape index (κ3) is 4.01. The maximum Gasteiger partial charge on any atom is 0.357 e. The van der Waals surface area contributed by atoms with Gasteiger partial charge in [-0.1, -0.05) is 18.2 Å². The van der Waals surface area contributed by atoms with Crippen molar-refractivity contribution in [3.63, 3.8) is 0 Å². The summed E-state index contributed by atoms with van der Waals surface area (Å²) in [5.74, 6) is -1.74. The predicted octanol–water partition coefficient (Wildman–Crippen LogP) is 1.57. The molecule has 1 saturated heterocycles. The van der Waals surface area contributed by atoms with Gasteiger partial charge < -0.3 is 20.1 Å². The van der Waals surface area contributed by atoms with Crippen LogP contribution in [0.5, 0.6) is 0 Å². The number of nitrogens with one attached hydrogen (secondary N) is 1. The highest BCUT2D eigenvalue weighted by atomic mass is 16.5. The molecule has 0 unspecified atom stereocenters. The Balaban J connectivity index is 1.51. The Kier molecular flexibility index (Phi) is 5.44. The summed E-state index contributed by atoms with van der Waals surface area (Å²) >= 11 is 0. The number of rotatable bonds is 5. The van der Waals surface area contributed by atoms with Crippen molar-refractivity contribution in [2.24, 2.45) is 0 Å². The Bertz CT molecular complexity index is 1150. The molecule has 1 amide bonds. The number of aromatic nitrogens is 2. The number of nitrogens with zero attached hydrogens (tertiary/aromatic N) is 3. The molecule has 0 spiro atoms. The van der Waals surface area contributed by atoms with Gasteiger partial charge in [-0.2, -0.15) is 5.10 Å². The summed E-state index contributed by atoms with van der Waals surface area (Å²) in [7, 11) is 0. The molecule has 0 saturated carbocycles. The van der Waals surface area contributed by atoms with Gasteiger partial charge in [0.2, 0.25) is 5.91 Å². The SMILES string of the molecule is O=C(Cn1nc(C(=O)O)c2ccccc2c1=O)Nc1ccc(N2CCOCC2)cc1. The molecule has 9 heteroatoms. The third-order valence-electron chi connectivity index (χ3n) is 4.89. The average molecular weight is 408 g/mol. The standard InChI is InChI=1S/C21H20N4O5/c26-18(22-14-5-7-15(8-6-14)24-9-11-30-12-10-24)13-25-20(27)17-4-2-1-3-16(17)19(23-25)21(28)29/h1-8H,9-13H2,(H,22,26)(H,28,29). The highest BCUT2D eigenvalue weighted by molar-refractivity contribution is 6.01. The van der Waals surface area contributed by atoms with E-state index < -0.39 is 24.0 Å². The van der Waals surface area contributed by atoms with Crippen LogP contribution in [0, 0.1) is 0 Å². The smallest absolute Gasteiger partial charge is 0.357 e. The van der Waals surface area contributed by atoms with Gasteiger partial charge in [0.25, 0.3) is 5.56 Å². The van der Waals surface area contributed by atoms with E-state index in [9.17, 15) is 19.5 Å². The molecule has 0 bridgehead atoms. The van der Waals surface area contributed by atoms with Gasteiger partial charge in [-0.15, -0.1) is 0 Å². The first-order valence-corrected chi connectivity index (χ1v) is 9.49. The number of hydrogen-bond donors (Lipinski definition) is 2. The van der Waals surface area contributed by atoms with Gasteiger partial charge in [0.15, 0.2) is 5.69 Å². The van der Waals surface area contributed by atoms with E-state index in [-0.39, 0.29) is 16.5 Å². The molecule has 0 radical (unpaired) electrons. The maximum atomic E-state index is 12.6. The molecule has 30 heavy (non-hydrogen) atoms. The average Bonchev–Trinajstić information content (AvgIpc) is 2.76. The van der Waals surface area contributed by atoms with E-state index in [1.54, 1.807) is 24.3 Å². The van der Waals surface area contributed by atoms with Gasteiger partial charge in [-0.3, -0.25) is 9.59 Å². The van der Waals surface area contributed by atoms with E-state index in [1.165, 1.54) is 12.1 Å². The zero-order valence-corrected chi connectivity index (χ0v) is 16.1. The van der Waals surface area contributed by atoms with Gasteiger partial charge in [-0.25, -0.2) is 9.48 Å². The minimum Gasteiger partial charge on any atom is -0.476 e. The first-order chi connectivity index (χ1) is 14.5. The van der Waals surface area contributed by atoms with E-state index in [1.807, 2.05) is 12.1 Å². The van der Waals surface area contributed by atoms with Gasteiger partial charge in [0, 0.05) is 29.9 Å². The Labute approximate surface area is 171 Å². The molecule has 2 N–H and O–H groups in total. The van der Waals surface area contributed by atoms with Crippen LogP contribution in [0.1, 0.15) is 10.5 Å². The lowest BCUT2D eigenvalue weighted by Crippen LogP contribution is -2.36. The lowest BCUT2D eigenvalue weighted by Gasteiger charge is -2.28. The van der Waals surface area contributed by atoms with E-state index in [4.69, 9.17) is 4.74 Å². The number of amides is 1. The number of carbonyl (C=O) groups excluding carboxylic acids is 1. The summed E-state index contributed by atoms with van der Waals surface area (Å²) in [5.41, 5.74) is 0.820. The molecule has 1 aliphatic rings. The number of fused-ring (bicyclic) bond motifs is 1. The summed E-state index contributed by atoms with van der Waals surface area (Å²) in [6, 6.07) is 13.7. The molecular formula is C21H20N4O5. The van der Waals surface area contributed by atoms with Crippen molar-refractivity contribution in [1.29, 1.82) is 0 Å². The van der Waals surface area contributed by atoms with Crippen molar-refractivity contribution >= 4 is 34.0 Å². The third-order valence-corrected chi connectivity index (χ3v) is 4.89. The molecule has 4 rings (SSSR count). The van der Waals surface area contributed by atoms with Crippen LogP contribution < -0.4 is 15.8 Å². The number of carbonyl (C=O) groups is 2. The number of benzene rings is 2. The Morgan fingerprint density at radius 1 is 1.03 bits per heavy atom. The van der Waals surface area contributed by atoms with Gasteiger partial charge in [0.1, 0.15) is 6.54 Å². The number of hydrogen-bond acceptors (Lipinski definition) is 6. The largest absolute Gasteiger partial charge is 0.476 e. The van der Waals surface area contributed by atoms with Gasteiger partial charge in [0.05, 0.1) is 18.6 Å². The fourth-order valence-electron chi connectivity index (χ4n) is 3.41. The first-order valence-electron chi connectivity index (χ1n) is 9.49. The zero-order valence-electron chi connectivity index (χ0n) is 16.1. The van der Waals surface area contributed by atoms with Crippen LogP contribution in [0.4, 0.5) is 11.4 Å². The van der Waals surface area contributed by atoms with Crippen molar-refractivity contribution in [2.75, 3.05) is 36.5 Å². The monoisotopic (exact) mass is 408 g/mol. The second-order valence-electron chi connectivity index (χ2n) is 6.86. The second-order valence-corrected chi connectivity index (χ2v) is 6.86. The fraction of sp³-hybridized carbons (Fsp3) is 0.238. The lowest BCUT2D eigenvalue weighted by atomic mass is 10.1. The van der Waals surface area contributed by atoms with Crippen LogP contribution >= 0.6 is 0 Å². The van der Waals surface area contributed by atoms with E-state index in [0.29, 0.717) is 18.9 Å². The quantitative estimate of drug-likeness (QED) is 0.659. The summed E-state index contributed by atoms with van der Waals surface area (Å²) in [6.45, 7) is 2.60. The van der Waals surface area contributed by atoms with Crippen LogP contribution in [0.15, 0.2) is 53.3 Å². The molecule has 0 aliphatic carbocycles. The summed E-state index contributed by atoms with van der Waals surface area (Å²) in [5, 5.41) is 16.5. The fourth-order valence-corrected chi connectivity index (χ4v) is 3.41. The Hall–Kier alpha value is -3.72. The summed E-state index contributed by atoms with van der Waals surface area (Å²) < 4.78 is 6.22. The molecule has 1 fully saturated rings. The predicted molar refractivity (Wildman–Crippen MR) is 111 cm³/mol. The second kappa shape index (κ2) is 8.34. The van der Waals surface area contributed by atoms with Crippen molar-refractivity contribution < 1.29 is 19.4 Å². The molecule has 2 aromatic carbocycles. The number of aromatic carboxylic acids is 1. The first kappa shape index (κ1) is 19.6. The minimum absolute atomic E-state index is 0.201. The maximum absolute atomic E-state index is 12.6. The minimum atomic E-state index is -1.26. The summed E-state index contributed by atoms with van der Waals surface area (Å²) in [6.07, 6.45) is 0. The van der Waals surface area contributed by atoms with Crippen LogP contribution in [0.25, 0.3) is 10.8 Å². The van der Waals surface area contributed by atoms with E-state index in [2.05, 4.69) is 15.3 Å². The zero-order chi connectivity index (χ0) is 21.1. The van der Waals surface area contributed by atoms with Crippen LogP contribution in [0.3, 0.4) is 0 Å². The highest BCUT2D eigenvalue weighted by Gasteiger charge is 2.17. The molecule has 0 atom stereocenters. The van der Waals surface area contributed by atoms with Crippen LogP contribution in [0.2, 0.25) is 0 Å². The molecule has 1 aromatic heterocycles. The number of morpholine rings is 1. The normalized spacial score (nSPS) is 13.9. The summed E-state index contributed by atoms with van der Waals surface area (Å²) in [4.78, 5) is 38.8. The van der Waals surface area contributed by atoms with E-state index >= 15 is 0 Å². The van der Waals surface area contributed by atoms with Crippen molar-refractivity contribution in [3.8, 4) is 0 Å². The van der Waals surface area contributed by atoms with Gasteiger partial charge >= 0.3 is 5.97 Å². The number of ether oxygens (including phenoxy) is 1. The Morgan fingerprint density at radius 2 is 1.70 bits per heavy atom. The van der Waals surface area contributed by atoms with Crippen LogP contribution in [-0.2, 0) is 16.1 Å². The van der Waals surface area contributed by atoms with Crippen molar-refractivity contribution in [3.05, 3.63) is 64.6 Å².